The Bertz CT molecular complexity index is 683. The number of amides is 1. The van der Waals surface area contributed by atoms with Crippen molar-refractivity contribution in [3.8, 4) is 11.3 Å². The highest BCUT2D eigenvalue weighted by molar-refractivity contribution is 6.08. The topological polar surface area (TPSA) is 91.0 Å². The lowest BCUT2D eigenvalue weighted by molar-refractivity contribution is 0.0975. The van der Waals surface area contributed by atoms with E-state index in [0.717, 1.165) is 16.7 Å². The summed E-state index contributed by atoms with van der Waals surface area (Å²) in [5, 5.41) is 16.6. The van der Waals surface area contributed by atoms with Crippen molar-refractivity contribution >= 4 is 11.9 Å². The summed E-state index contributed by atoms with van der Waals surface area (Å²) in [6.45, 7) is 5.61. The van der Waals surface area contributed by atoms with Crippen LogP contribution in [0.2, 0.25) is 0 Å². The van der Waals surface area contributed by atoms with Crippen molar-refractivity contribution < 1.29 is 9.32 Å². The monoisotopic (exact) mass is 286 g/mol. The van der Waals surface area contributed by atoms with Gasteiger partial charge in [-0.15, -0.1) is 0 Å². The van der Waals surface area contributed by atoms with E-state index in [1.807, 2.05) is 32.0 Å². The van der Waals surface area contributed by atoms with E-state index in [-0.39, 0.29) is 5.96 Å². The van der Waals surface area contributed by atoms with Gasteiger partial charge in [0.2, 0.25) is 0 Å². The normalized spacial score (nSPS) is 10.3. The zero-order valence-corrected chi connectivity index (χ0v) is 12.5. The molecule has 0 radical (unpaired) electrons. The lowest BCUT2D eigenvalue weighted by atomic mass is 9.96. The molecule has 0 aliphatic heterocycles. The van der Waals surface area contributed by atoms with Crippen LogP contribution in [0.4, 0.5) is 0 Å². The largest absolute Gasteiger partial charge is 0.360 e. The highest BCUT2D eigenvalue weighted by atomic mass is 16.5. The van der Waals surface area contributed by atoms with Crippen LogP contribution >= 0.6 is 0 Å². The maximum Gasteiger partial charge on any atom is 0.263 e. The zero-order chi connectivity index (χ0) is 15.6. The van der Waals surface area contributed by atoms with Gasteiger partial charge in [0, 0.05) is 12.6 Å². The first-order chi connectivity index (χ1) is 9.95. The van der Waals surface area contributed by atoms with Crippen molar-refractivity contribution in [3.63, 3.8) is 0 Å². The van der Waals surface area contributed by atoms with Crippen LogP contribution < -0.4 is 10.6 Å². The number of guanidine groups is 1. The number of nitrogens with one attached hydrogen (secondary N) is 3. The van der Waals surface area contributed by atoms with Gasteiger partial charge >= 0.3 is 0 Å². The number of hydrogen-bond donors (Lipinski definition) is 3. The standard InChI is InChI=1S/C15H18N4O2/c1-8-6-5-7-9(2)11(8)13-12(10(3)21-19-13)14(20)18-15(16)17-4/h5-7H,1-4H3,(H3,16,17,18,20). The second kappa shape index (κ2) is 5.78. The van der Waals surface area contributed by atoms with Gasteiger partial charge in [0.15, 0.2) is 5.96 Å². The molecule has 1 aromatic heterocycles. The van der Waals surface area contributed by atoms with Gasteiger partial charge in [-0.05, 0) is 31.9 Å². The van der Waals surface area contributed by atoms with E-state index in [1.165, 1.54) is 0 Å². The fourth-order valence-corrected chi connectivity index (χ4v) is 2.24. The van der Waals surface area contributed by atoms with Gasteiger partial charge in [0.05, 0.1) is 0 Å². The third-order valence-corrected chi connectivity index (χ3v) is 3.30. The van der Waals surface area contributed by atoms with Crippen molar-refractivity contribution in [2.45, 2.75) is 20.8 Å². The van der Waals surface area contributed by atoms with Crippen LogP contribution in [-0.2, 0) is 0 Å². The van der Waals surface area contributed by atoms with Crippen LogP contribution in [0, 0.1) is 26.2 Å². The molecule has 110 valence electrons. The summed E-state index contributed by atoms with van der Waals surface area (Å²) in [6, 6.07) is 5.88. The molecule has 0 saturated heterocycles. The summed E-state index contributed by atoms with van der Waals surface area (Å²) in [7, 11) is 1.56. The van der Waals surface area contributed by atoms with Crippen molar-refractivity contribution in [3.05, 3.63) is 40.6 Å². The van der Waals surface area contributed by atoms with E-state index in [4.69, 9.17) is 9.93 Å². The third kappa shape index (κ3) is 2.79. The van der Waals surface area contributed by atoms with Gasteiger partial charge < -0.3 is 9.84 Å². The number of hydrogen-bond acceptors (Lipinski definition) is 4. The molecule has 0 aliphatic rings. The van der Waals surface area contributed by atoms with E-state index < -0.39 is 5.91 Å². The maximum absolute atomic E-state index is 12.3. The minimum atomic E-state index is -0.411. The van der Waals surface area contributed by atoms with Crippen LogP contribution in [0.15, 0.2) is 22.7 Å². The van der Waals surface area contributed by atoms with Crippen molar-refractivity contribution in [2.24, 2.45) is 0 Å². The first-order valence-corrected chi connectivity index (χ1v) is 6.56. The summed E-state index contributed by atoms with van der Waals surface area (Å²) in [5.74, 6) is -0.0622. The van der Waals surface area contributed by atoms with Crippen LogP contribution in [-0.4, -0.2) is 24.1 Å². The Kier molecular flexibility index (Phi) is 4.07. The van der Waals surface area contributed by atoms with Gasteiger partial charge in [0.1, 0.15) is 17.0 Å². The predicted octanol–water partition coefficient (Wildman–Crippen LogP) is 2.15. The van der Waals surface area contributed by atoms with Crippen LogP contribution in [0.3, 0.4) is 0 Å². The molecule has 0 bridgehead atoms. The second-order valence-electron chi connectivity index (χ2n) is 4.81. The van der Waals surface area contributed by atoms with E-state index >= 15 is 0 Å². The Morgan fingerprint density at radius 3 is 2.43 bits per heavy atom. The molecule has 0 fully saturated rings. The molecule has 0 aliphatic carbocycles. The maximum atomic E-state index is 12.3. The number of rotatable bonds is 2. The van der Waals surface area contributed by atoms with Gasteiger partial charge in [-0.3, -0.25) is 15.5 Å². The van der Waals surface area contributed by atoms with E-state index in [2.05, 4.69) is 15.8 Å². The summed E-state index contributed by atoms with van der Waals surface area (Å²) in [6.07, 6.45) is 0. The molecule has 6 nitrogen and oxygen atoms in total. The average molecular weight is 286 g/mol. The Balaban J connectivity index is 2.53. The lowest BCUT2D eigenvalue weighted by Crippen LogP contribution is -2.38. The molecule has 0 spiro atoms. The molecule has 2 rings (SSSR count). The molecule has 0 unspecified atom stereocenters. The van der Waals surface area contributed by atoms with Crippen LogP contribution in [0.5, 0.6) is 0 Å². The number of nitrogens with zero attached hydrogens (tertiary/aromatic N) is 1. The second-order valence-corrected chi connectivity index (χ2v) is 4.81. The molecule has 1 heterocycles. The molecular formula is C15H18N4O2. The van der Waals surface area contributed by atoms with Gasteiger partial charge in [-0.25, -0.2) is 0 Å². The SMILES string of the molecule is CNC(=N)NC(=O)c1c(-c2c(C)cccc2C)noc1C. The van der Waals surface area contributed by atoms with Crippen molar-refractivity contribution in [1.29, 1.82) is 5.41 Å². The quantitative estimate of drug-likeness (QED) is 0.582. The van der Waals surface area contributed by atoms with Crippen LogP contribution in [0.25, 0.3) is 11.3 Å². The molecule has 6 heteroatoms. The van der Waals surface area contributed by atoms with Gasteiger partial charge in [0.25, 0.3) is 5.91 Å². The fourth-order valence-electron chi connectivity index (χ4n) is 2.24. The third-order valence-electron chi connectivity index (χ3n) is 3.30. The minimum Gasteiger partial charge on any atom is -0.360 e. The molecule has 1 amide bonds. The minimum absolute atomic E-state index is 0.0759. The smallest absolute Gasteiger partial charge is 0.263 e. The van der Waals surface area contributed by atoms with E-state index in [0.29, 0.717) is 17.0 Å². The highest BCUT2D eigenvalue weighted by Gasteiger charge is 2.24. The number of aryl methyl sites for hydroxylation is 3. The molecule has 0 saturated carbocycles. The average Bonchev–Trinajstić information content (AvgIpc) is 2.80. The molecule has 3 N–H and O–H groups in total. The number of carbonyl (C=O) groups excluding carboxylic acids is 1. The number of aromatic nitrogens is 1. The first-order valence-electron chi connectivity index (χ1n) is 6.56. The fraction of sp³-hybridized carbons (Fsp3) is 0.267. The Labute approximate surface area is 123 Å². The van der Waals surface area contributed by atoms with E-state index in [9.17, 15) is 4.79 Å². The summed E-state index contributed by atoms with van der Waals surface area (Å²) >= 11 is 0. The molecule has 1 aromatic carbocycles. The highest BCUT2D eigenvalue weighted by Crippen LogP contribution is 2.30. The first kappa shape index (κ1) is 14.8. The van der Waals surface area contributed by atoms with Gasteiger partial charge in [-0.1, -0.05) is 23.4 Å². The van der Waals surface area contributed by atoms with E-state index in [1.54, 1.807) is 14.0 Å². The zero-order valence-electron chi connectivity index (χ0n) is 12.5. The summed E-state index contributed by atoms with van der Waals surface area (Å²) in [4.78, 5) is 12.3. The lowest BCUT2D eigenvalue weighted by Gasteiger charge is -2.09. The van der Waals surface area contributed by atoms with Crippen LogP contribution in [0.1, 0.15) is 27.2 Å². The Morgan fingerprint density at radius 1 is 1.24 bits per heavy atom. The molecule has 0 atom stereocenters. The Morgan fingerprint density at radius 2 is 1.86 bits per heavy atom. The summed E-state index contributed by atoms with van der Waals surface area (Å²) in [5.41, 5.74) is 3.77. The van der Waals surface area contributed by atoms with Crippen molar-refractivity contribution in [1.82, 2.24) is 15.8 Å². The van der Waals surface area contributed by atoms with Gasteiger partial charge in [-0.2, -0.15) is 0 Å². The predicted molar refractivity (Wildman–Crippen MR) is 80.4 cm³/mol. The molecule has 21 heavy (non-hydrogen) atoms. The molecular weight excluding hydrogens is 268 g/mol. The summed E-state index contributed by atoms with van der Waals surface area (Å²) < 4.78 is 5.19. The van der Waals surface area contributed by atoms with Crippen molar-refractivity contribution in [2.75, 3.05) is 7.05 Å². The Hall–Kier alpha value is -2.63. The number of carbonyl (C=O) groups is 1. The molecule has 2 aromatic rings. The number of benzene rings is 1.